The van der Waals surface area contributed by atoms with Crippen molar-refractivity contribution in [1.29, 1.82) is 0 Å². The summed E-state index contributed by atoms with van der Waals surface area (Å²) in [6.45, 7) is -3.43. The van der Waals surface area contributed by atoms with E-state index in [9.17, 15) is 26.7 Å². The molecule has 0 unspecified atom stereocenters. The van der Waals surface area contributed by atoms with E-state index in [0.29, 0.717) is 12.3 Å². The number of ether oxygens (including phenoxy) is 1. The number of carbonyl (C=O) groups excluding carboxylic acids is 1. The lowest BCUT2D eigenvalue weighted by molar-refractivity contribution is -0.145. The van der Waals surface area contributed by atoms with Crippen molar-refractivity contribution in [3.8, 4) is 5.75 Å². The molecule has 0 saturated heterocycles. The maximum Gasteiger partial charge on any atom is 0.437 e. The number of aromatic nitrogens is 1. The van der Waals surface area contributed by atoms with Crippen LogP contribution in [0.4, 0.5) is 22.0 Å². The third-order valence-corrected chi connectivity index (χ3v) is 1.49. The maximum atomic E-state index is 12.3. The minimum atomic E-state index is -4.92. The Morgan fingerprint density at radius 3 is 2.44 bits per heavy atom. The lowest BCUT2D eigenvalue weighted by Gasteiger charge is -2.12. The first-order valence-electron chi connectivity index (χ1n) is 3.82. The van der Waals surface area contributed by atoms with Gasteiger partial charge in [-0.3, -0.25) is 4.79 Å². The first-order valence-corrected chi connectivity index (χ1v) is 3.82. The van der Waals surface area contributed by atoms with E-state index in [-0.39, 0.29) is 11.8 Å². The molecule has 16 heavy (non-hydrogen) atoms. The highest BCUT2D eigenvalue weighted by Crippen LogP contribution is 2.35. The monoisotopic (exact) mass is 241 g/mol. The van der Waals surface area contributed by atoms with E-state index in [2.05, 4.69) is 9.72 Å². The van der Waals surface area contributed by atoms with Gasteiger partial charge in [-0.2, -0.15) is 22.0 Å². The van der Waals surface area contributed by atoms with Crippen molar-refractivity contribution < 1.29 is 31.5 Å². The molecule has 0 bridgehead atoms. The summed E-state index contributed by atoms with van der Waals surface area (Å²) in [5, 5.41) is 0. The third-order valence-electron chi connectivity index (χ3n) is 1.49. The number of carbonyl (C=O) groups is 1. The number of nitrogens with zero attached hydrogens (tertiary/aromatic N) is 1. The highest BCUT2D eigenvalue weighted by atomic mass is 19.4. The van der Waals surface area contributed by atoms with Gasteiger partial charge < -0.3 is 4.74 Å². The van der Waals surface area contributed by atoms with Gasteiger partial charge in [0.2, 0.25) is 0 Å². The van der Waals surface area contributed by atoms with Gasteiger partial charge in [0.1, 0.15) is 0 Å². The van der Waals surface area contributed by atoms with Crippen LogP contribution in [0.25, 0.3) is 0 Å². The molecule has 1 aromatic rings. The minimum Gasteiger partial charge on any atom is -0.432 e. The van der Waals surface area contributed by atoms with Crippen LogP contribution in [0.2, 0.25) is 0 Å². The van der Waals surface area contributed by atoms with Crippen LogP contribution in [0.3, 0.4) is 0 Å². The van der Waals surface area contributed by atoms with Crippen molar-refractivity contribution in [1.82, 2.24) is 4.98 Å². The third kappa shape index (κ3) is 2.88. The van der Waals surface area contributed by atoms with Crippen LogP contribution in [0.5, 0.6) is 5.75 Å². The average molecular weight is 241 g/mol. The number of halogens is 5. The first kappa shape index (κ1) is 12.3. The van der Waals surface area contributed by atoms with Crippen molar-refractivity contribution in [2.24, 2.45) is 0 Å². The Morgan fingerprint density at radius 1 is 1.38 bits per heavy atom. The smallest absolute Gasteiger partial charge is 0.432 e. The second kappa shape index (κ2) is 4.42. The lowest BCUT2D eigenvalue weighted by Crippen LogP contribution is -2.14. The molecule has 0 aliphatic rings. The second-order valence-corrected chi connectivity index (χ2v) is 2.61. The predicted octanol–water partition coefficient (Wildman–Crippen LogP) is 2.51. The molecule has 0 spiro atoms. The van der Waals surface area contributed by atoms with Crippen LogP contribution >= 0.6 is 0 Å². The standard InChI is InChI=1S/C8H4F5NO2/c9-7(10)16-5-1-4(3-15)2-14-6(5)8(11,12)13/h1-3,7H. The Labute approximate surface area is 85.8 Å². The Hall–Kier alpha value is -1.73. The molecule has 1 aromatic heterocycles. The molecule has 0 aromatic carbocycles. The van der Waals surface area contributed by atoms with E-state index < -0.39 is 24.2 Å². The highest BCUT2D eigenvalue weighted by molar-refractivity contribution is 5.75. The Bertz CT molecular complexity index is 391. The summed E-state index contributed by atoms with van der Waals surface area (Å²) < 4.78 is 64.1. The summed E-state index contributed by atoms with van der Waals surface area (Å²) in [4.78, 5) is 13.1. The molecule has 1 rings (SSSR count). The van der Waals surface area contributed by atoms with Crippen LogP contribution < -0.4 is 4.74 Å². The molecule has 0 atom stereocenters. The van der Waals surface area contributed by atoms with E-state index in [1.54, 1.807) is 0 Å². The fraction of sp³-hybridized carbons (Fsp3) is 0.250. The summed E-state index contributed by atoms with van der Waals surface area (Å²) in [7, 11) is 0. The summed E-state index contributed by atoms with van der Waals surface area (Å²) in [5.74, 6) is -1.17. The van der Waals surface area contributed by atoms with Crippen molar-refractivity contribution in [2.45, 2.75) is 12.8 Å². The number of hydrogen-bond acceptors (Lipinski definition) is 3. The van der Waals surface area contributed by atoms with Gasteiger partial charge in [-0.15, -0.1) is 0 Å². The van der Waals surface area contributed by atoms with Crippen LogP contribution in [0.1, 0.15) is 16.1 Å². The second-order valence-electron chi connectivity index (χ2n) is 2.61. The average Bonchev–Trinajstić information content (AvgIpc) is 2.14. The topological polar surface area (TPSA) is 39.2 Å². The molecule has 0 saturated carbocycles. The Balaban J connectivity index is 3.21. The summed E-state index contributed by atoms with van der Waals surface area (Å²) in [6.07, 6.45) is -4.13. The zero-order valence-electron chi connectivity index (χ0n) is 7.46. The fourth-order valence-corrected chi connectivity index (χ4v) is 0.923. The van der Waals surface area contributed by atoms with Gasteiger partial charge in [0, 0.05) is 11.8 Å². The Kier molecular flexibility index (Phi) is 3.41. The molecule has 1 heterocycles. The van der Waals surface area contributed by atoms with E-state index in [4.69, 9.17) is 0 Å². The van der Waals surface area contributed by atoms with Gasteiger partial charge in [-0.1, -0.05) is 0 Å². The van der Waals surface area contributed by atoms with E-state index >= 15 is 0 Å². The fourth-order valence-electron chi connectivity index (χ4n) is 0.923. The number of rotatable bonds is 3. The van der Waals surface area contributed by atoms with Crippen molar-refractivity contribution >= 4 is 6.29 Å². The van der Waals surface area contributed by atoms with Crippen molar-refractivity contribution in [2.75, 3.05) is 0 Å². The van der Waals surface area contributed by atoms with Gasteiger partial charge in [-0.05, 0) is 6.07 Å². The lowest BCUT2D eigenvalue weighted by atomic mass is 10.2. The van der Waals surface area contributed by atoms with Crippen molar-refractivity contribution in [3.63, 3.8) is 0 Å². The summed E-state index contributed by atoms with van der Waals surface area (Å²) >= 11 is 0. The minimum absolute atomic E-state index is 0.172. The first-order chi connectivity index (χ1) is 7.34. The number of pyridine rings is 1. The van der Waals surface area contributed by atoms with Crippen LogP contribution in [0.15, 0.2) is 12.3 Å². The molecule has 0 aliphatic carbocycles. The van der Waals surface area contributed by atoms with Crippen LogP contribution in [0, 0.1) is 0 Å². The molecule has 8 heteroatoms. The van der Waals surface area contributed by atoms with Gasteiger partial charge in [0.05, 0.1) is 0 Å². The zero-order valence-corrected chi connectivity index (χ0v) is 7.46. The van der Waals surface area contributed by atoms with Gasteiger partial charge in [0.25, 0.3) is 0 Å². The van der Waals surface area contributed by atoms with Gasteiger partial charge in [0.15, 0.2) is 17.7 Å². The van der Waals surface area contributed by atoms with Gasteiger partial charge >= 0.3 is 12.8 Å². The van der Waals surface area contributed by atoms with E-state index in [1.807, 2.05) is 0 Å². The number of alkyl halides is 5. The maximum absolute atomic E-state index is 12.3. The molecule has 0 aliphatic heterocycles. The molecular weight excluding hydrogens is 237 g/mol. The molecule has 0 amide bonds. The van der Waals surface area contributed by atoms with Crippen molar-refractivity contribution in [3.05, 3.63) is 23.5 Å². The molecule has 0 N–H and O–H groups in total. The largest absolute Gasteiger partial charge is 0.437 e. The normalized spacial score (nSPS) is 11.6. The van der Waals surface area contributed by atoms with E-state index in [1.165, 1.54) is 0 Å². The quantitative estimate of drug-likeness (QED) is 0.602. The molecule has 88 valence electrons. The predicted molar refractivity (Wildman–Crippen MR) is 41.3 cm³/mol. The molecule has 0 radical (unpaired) electrons. The van der Waals surface area contributed by atoms with Crippen LogP contribution in [-0.4, -0.2) is 17.9 Å². The zero-order chi connectivity index (χ0) is 12.3. The SMILES string of the molecule is O=Cc1cnc(C(F)(F)F)c(OC(F)F)c1. The van der Waals surface area contributed by atoms with Crippen LogP contribution in [-0.2, 0) is 6.18 Å². The summed E-state index contributed by atoms with van der Waals surface area (Å²) in [6, 6.07) is 0.551. The number of aldehydes is 1. The molecular formula is C8H4F5NO2. The number of hydrogen-bond donors (Lipinski definition) is 0. The molecule has 3 nitrogen and oxygen atoms in total. The summed E-state index contributed by atoms with van der Waals surface area (Å²) in [5.41, 5.74) is -1.89. The molecule has 0 fully saturated rings. The van der Waals surface area contributed by atoms with Gasteiger partial charge in [-0.25, -0.2) is 4.98 Å². The van der Waals surface area contributed by atoms with E-state index in [0.717, 1.165) is 0 Å². The highest BCUT2D eigenvalue weighted by Gasteiger charge is 2.37. The Morgan fingerprint density at radius 2 is 2.00 bits per heavy atom.